The average Bonchev–Trinajstić information content (AvgIpc) is 2.27. The van der Waals surface area contributed by atoms with Gasteiger partial charge in [0.25, 0.3) is 0 Å². The lowest BCUT2D eigenvalue weighted by atomic mass is 9.87. The molecule has 0 bridgehead atoms. The summed E-state index contributed by atoms with van der Waals surface area (Å²) in [6.45, 7) is 4.44. The minimum atomic E-state index is 0.607. The Labute approximate surface area is 103 Å². The van der Waals surface area contributed by atoms with E-state index in [2.05, 4.69) is 31.3 Å². The van der Waals surface area contributed by atoms with Gasteiger partial charge in [0.1, 0.15) is 0 Å². The summed E-state index contributed by atoms with van der Waals surface area (Å²) in [5, 5.41) is 4.42. The van der Waals surface area contributed by atoms with E-state index in [0.717, 1.165) is 16.6 Å². The lowest BCUT2D eigenvalue weighted by Crippen LogP contribution is -2.25. The highest BCUT2D eigenvalue weighted by Gasteiger charge is 2.18. The van der Waals surface area contributed by atoms with Crippen molar-refractivity contribution in [3.05, 3.63) is 28.8 Å². The van der Waals surface area contributed by atoms with Crippen LogP contribution in [0.3, 0.4) is 0 Å². The molecule has 1 aliphatic rings. The molecule has 1 nitrogen and oxygen atoms in total. The van der Waals surface area contributed by atoms with Gasteiger partial charge in [0, 0.05) is 6.04 Å². The molecule has 1 aromatic carbocycles. The van der Waals surface area contributed by atoms with Gasteiger partial charge in [-0.25, -0.2) is 0 Å². The van der Waals surface area contributed by atoms with Crippen molar-refractivity contribution in [1.29, 1.82) is 0 Å². The summed E-state index contributed by atoms with van der Waals surface area (Å²) >= 11 is 6.18. The largest absolute Gasteiger partial charge is 0.381 e. The zero-order valence-corrected chi connectivity index (χ0v) is 10.8. The van der Waals surface area contributed by atoms with Gasteiger partial charge >= 0.3 is 0 Å². The van der Waals surface area contributed by atoms with E-state index in [1.807, 2.05) is 6.07 Å². The second-order valence-electron chi connectivity index (χ2n) is 5.08. The van der Waals surface area contributed by atoms with Crippen LogP contribution in [0.15, 0.2) is 18.2 Å². The van der Waals surface area contributed by atoms with Gasteiger partial charge < -0.3 is 5.32 Å². The predicted octanol–water partition coefficient (Wildman–Crippen LogP) is 4.64. The molecule has 0 spiro atoms. The second-order valence-corrected chi connectivity index (χ2v) is 5.49. The first kappa shape index (κ1) is 11.8. The number of nitrogens with one attached hydrogen (secondary N) is 1. The molecule has 1 aliphatic carbocycles. The minimum Gasteiger partial charge on any atom is -0.381 e. The molecule has 0 radical (unpaired) electrons. The van der Waals surface area contributed by atoms with Crippen LogP contribution in [0.4, 0.5) is 5.69 Å². The van der Waals surface area contributed by atoms with Crippen molar-refractivity contribution >= 4 is 17.3 Å². The summed E-state index contributed by atoms with van der Waals surface area (Å²) in [7, 11) is 0. The Morgan fingerprint density at radius 2 is 1.88 bits per heavy atom. The molecular weight excluding hydrogens is 218 g/mol. The first-order valence-corrected chi connectivity index (χ1v) is 6.55. The Bertz CT molecular complexity index is 354. The fraction of sp³-hybridized carbons (Fsp3) is 0.571. The zero-order chi connectivity index (χ0) is 11.5. The first-order valence-electron chi connectivity index (χ1n) is 6.18. The van der Waals surface area contributed by atoms with Crippen LogP contribution in [-0.2, 0) is 0 Å². The first-order chi connectivity index (χ1) is 7.65. The van der Waals surface area contributed by atoms with Gasteiger partial charge in [-0.1, -0.05) is 24.6 Å². The van der Waals surface area contributed by atoms with E-state index in [0.29, 0.717) is 6.04 Å². The number of hydrogen-bond donors (Lipinski definition) is 1. The minimum absolute atomic E-state index is 0.607. The van der Waals surface area contributed by atoms with E-state index in [1.165, 1.54) is 31.2 Å². The Kier molecular flexibility index (Phi) is 3.75. The summed E-state index contributed by atoms with van der Waals surface area (Å²) < 4.78 is 0. The number of hydrogen-bond acceptors (Lipinski definition) is 1. The van der Waals surface area contributed by atoms with Gasteiger partial charge in [0.05, 0.1) is 10.7 Å². The summed E-state index contributed by atoms with van der Waals surface area (Å²) in [4.78, 5) is 0. The average molecular weight is 238 g/mol. The van der Waals surface area contributed by atoms with E-state index < -0.39 is 0 Å². The fourth-order valence-corrected chi connectivity index (χ4v) is 2.55. The van der Waals surface area contributed by atoms with Gasteiger partial charge in [-0.2, -0.15) is 0 Å². The lowest BCUT2D eigenvalue weighted by molar-refractivity contribution is 0.361. The summed E-state index contributed by atoms with van der Waals surface area (Å²) in [5.74, 6) is 0.894. The molecule has 0 heterocycles. The number of rotatable bonds is 2. The predicted molar refractivity (Wildman–Crippen MR) is 71.2 cm³/mol. The van der Waals surface area contributed by atoms with Crippen LogP contribution in [0.5, 0.6) is 0 Å². The Morgan fingerprint density at radius 3 is 2.56 bits per heavy atom. The third kappa shape index (κ3) is 2.91. The maximum atomic E-state index is 6.18. The molecule has 88 valence electrons. The second kappa shape index (κ2) is 5.09. The Hall–Kier alpha value is -0.690. The van der Waals surface area contributed by atoms with Gasteiger partial charge in [-0.15, -0.1) is 0 Å². The van der Waals surface area contributed by atoms with Crippen molar-refractivity contribution < 1.29 is 0 Å². The molecule has 0 atom stereocenters. The molecule has 0 amide bonds. The summed E-state index contributed by atoms with van der Waals surface area (Å²) in [5.41, 5.74) is 2.36. The van der Waals surface area contributed by atoms with Crippen LogP contribution in [0.25, 0.3) is 0 Å². The Morgan fingerprint density at radius 1 is 1.19 bits per heavy atom. The smallest absolute Gasteiger partial charge is 0.0637 e. The number of benzene rings is 1. The molecule has 16 heavy (non-hydrogen) atoms. The third-order valence-electron chi connectivity index (χ3n) is 3.50. The topological polar surface area (TPSA) is 12.0 Å². The van der Waals surface area contributed by atoms with Gasteiger partial charge in [-0.05, 0) is 56.2 Å². The maximum absolute atomic E-state index is 6.18. The fourth-order valence-electron chi connectivity index (χ4n) is 2.37. The summed E-state index contributed by atoms with van der Waals surface area (Å²) in [6, 6.07) is 6.78. The van der Waals surface area contributed by atoms with E-state index in [4.69, 9.17) is 11.6 Å². The van der Waals surface area contributed by atoms with E-state index >= 15 is 0 Å². The van der Waals surface area contributed by atoms with Crippen LogP contribution in [0.1, 0.15) is 38.2 Å². The molecule has 0 aromatic heterocycles. The quantitative estimate of drug-likeness (QED) is 0.790. The van der Waals surface area contributed by atoms with Gasteiger partial charge in [0.2, 0.25) is 0 Å². The van der Waals surface area contributed by atoms with Crippen LogP contribution >= 0.6 is 11.6 Å². The molecule has 1 fully saturated rings. The molecule has 1 N–H and O–H groups in total. The van der Waals surface area contributed by atoms with E-state index in [9.17, 15) is 0 Å². The van der Waals surface area contributed by atoms with Crippen molar-refractivity contribution in [3.8, 4) is 0 Å². The molecule has 2 rings (SSSR count). The van der Waals surface area contributed by atoms with Gasteiger partial charge in [0.15, 0.2) is 0 Å². The highest BCUT2D eigenvalue weighted by molar-refractivity contribution is 6.33. The molecule has 0 saturated heterocycles. The third-order valence-corrected chi connectivity index (χ3v) is 3.83. The van der Waals surface area contributed by atoms with Crippen LogP contribution in [0.2, 0.25) is 5.02 Å². The molecule has 2 heteroatoms. The van der Waals surface area contributed by atoms with Crippen LogP contribution in [-0.4, -0.2) is 6.04 Å². The highest BCUT2D eigenvalue weighted by atomic mass is 35.5. The van der Waals surface area contributed by atoms with Crippen molar-refractivity contribution in [2.75, 3.05) is 5.32 Å². The van der Waals surface area contributed by atoms with Crippen molar-refractivity contribution in [2.45, 2.75) is 45.6 Å². The Balaban J connectivity index is 2.00. The molecule has 0 aliphatic heterocycles. The van der Waals surface area contributed by atoms with E-state index in [1.54, 1.807) is 0 Å². The molecule has 1 saturated carbocycles. The lowest BCUT2D eigenvalue weighted by Gasteiger charge is -2.28. The maximum Gasteiger partial charge on any atom is 0.0637 e. The SMILES string of the molecule is Cc1ccc(Cl)c(NC2CCC(C)CC2)c1. The van der Waals surface area contributed by atoms with Crippen LogP contribution < -0.4 is 5.32 Å². The monoisotopic (exact) mass is 237 g/mol. The zero-order valence-electron chi connectivity index (χ0n) is 10.1. The van der Waals surface area contributed by atoms with Crippen molar-refractivity contribution in [2.24, 2.45) is 5.92 Å². The standard InChI is InChI=1S/C14H20ClN/c1-10-3-6-12(7-4-10)16-14-9-11(2)5-8-13(14)15/h5,8-10,12,16H,3-4,6-7H2,1-2H3. The van der Waals surface area contributed by atoms with Crippen molar-refractivity contribution in [1.82, 2.24) is 0 Å². The van der Waals surface area contributed by atoms with Crippen LogP contribution in [0, 0.1) is 12.8 Å². The highest BCUT2D eigenvalue weighted by Crippen LogP contribution is 2.29. The van der Waals surface area contributed by atoms with Crippen molar-refractivity contribution in [3.63, 3.8) is 0 Å². The molecular formula is C14H20ClN. The molecule has 0 unspecified atom stereocenters. The summed E-state index contributed by atoms with van der Waals surface area (Å²) in [6.07, 6.45) is 5.21. The normalized spacial score (nSPS) is 25.4. The van der Waals surface area contributed by atoms with Gasteiger partial charge in [-0.3, -0.25) is 0 Å². The number of aryl methyl sites for hydroxylation is 1. The number of anilines is 1. The van der Waals surface area contributed by atoms with E-state index in [-0.39, 0.29) is 0 Å². The number of halogens is 1. The molecule has 1 aromatic rings.